The highest BCUT2D eigenvalue weighted by atomic mass is 32.2. The first-order chi connectivity index (χ1) is 9.38. The van der Waals surface area contributed by atoms with Crippen molar-refractivity contribution in [3.8, 4) is 0 Å². The van der Waals surface area contributed by atoms with Gasteiger partial charge in [0.15, 0.2) is 0 Å². The predicted octanol–water partition coefficient (Wildman–Crippen LogP) is 4.43. The predicted molar refractivity (Wildman–Crippen MR) is 73.4 cm³/mol. The Hall–Kier alpha value is -1.88. The number of aryl methyl sites for hydroxylation is 2. The third kappa shape index (κ3) is 2.99. The lowest BCUT2D eigenvalue weighted by molar-refractivity contribution is 0.0695. The largest absolute Gasteiger partial charge is 0.478 e. The molecule has 104 valence electrons. The Morgan fingerprint density at radius 2 is 1.65 bits per heavy atom. The van der Waals surface area contributed by atoms with Gasteiger partial charge in [-0.05, 0) is 49.2 Å². The third-order valence-electron chi connectivity index (χ3n) is 2.94. The quantitative estimate of drug-likeness (QED) is 0.909. The normalized spacial score (nSPS) is 10.6. The van der Waals surface area contributed by atoms with Crippen LogP contribution >= 0.6 is 11.8 Å². The number of hydrogen-bond acceptors (Lipinski definition) is 2. The molecule has 0 aliphatic carbocycles. The highest BCUT2D eigenvalue weighted by Crippen LogP contribution is 2.33. The number of aromatic carboxylic acids is 1. The molecule has 2 rings (SSSR count). The molecule has 0 aliphatic rings. The van der Waals surface area contributed by atoms with Crippen LogP contribution in [0, 0.1) is 25.5 Å². The summed E-state index contributed by atoms with van der Waals surface area (Å²) < 4.78 is 27.6. The maximum Gasteiger partial charge on any atom is 0.335 e. The van der Waals surface area contributed by atoms with Crippen LogP contribution in [0.5, 0.6) is 0 Å². The van der Waals surface area contributed by atoms with Crippen molar-refractivity contribution in [2.24, 2.45) is 0 Å². The highest BCUT2D eigenvalue weighted by Gasteiger charge is 2.16. The van der Waals surface area contributed by atoms with E-state index >= 15 is 0 Å². The van der Waals surface area contributed by atoms with E-state index in [4.69, 9.17) is 5.11 Å². The van der Waals surface area contributed by atoms with E-state index in [0.29, 0.717) is 4.90 Å². The van der Waals surface area contributed by atoms with Gasteiger partial charge in [-0.25, -0.2) is 13.6 Å². The van der Waals surface area contributed by atoms with Crippen molar-refractivity contribution in [1.82, 2.24) is 0 Å². The van der Waals surface area contributed by atoms with Gasteiger partial charge in [0.2, 0.25) is 0 Å². The molecular weight excluding hydrogens is 282 g/mol. The zero-order valence-electron chi connectivity index (χ0n) is 10.9. The molecule has 0 aromatic heterocycles. The summed E-state index contributed by atoms with van der Waals surface area (Å²) >= 11 is 0.941. The minimum absolute atomic E-state index is 0.196. The van der Waals surface area contributed by atoms with Crippen molar-refractivity contribution in [3.63, 3.8) is 0 Å². The minimum Gasteiger partial charge on any atom is -0.478 e. The van der Waals surface area contributed by atoms with Crippen molar-refractivity contribution >= 4 is 17.7 Å². The van der Waals surface area contributed by atoms with E-state index < -0.39 is 23.2 Å². The topological polar surface area (TPSA) is 37.3 Å². The maximum absolute atomic E-state index is 13.8. The molecule has 0 saturated heterocycles. The Labute approximate surface area is 119 Å². The molecule has 5 heteroatoms. The van der Waals surface area contributed by atoms with E-state index in [1.807, 2.05) is 26.0 Å². The number of rotatable bonds is 3. The highest BCUT2D eigenvalue weighted by molar-refractivity contribution is 7.99. The molecule has 0 spiro atoms. The van der Waals surface area contributed by atoms with E-state index in [9.17, 15) is 13.6 Å². The second-order valence-electron chi connectivity index (χ2n) is 4.42. The van der Waals surface area contributed by atoms with Crippen LogP contribution in [0.1, 0.15) is 21.5 Å². The van der Waals surface area contributed by atoms with Gasteiger partial charge < -0.3 is 5.11 Å². The van der Waals surface area contributed by atoms with Gasteiger partial charge in [0.1, 0.15) is 11.6 Å². The molecular formula is C15H12F2O2S. The number of carboxylic acid groups (broad SMARTS) is 1. The Morgan fingerprint density at radius 1 is 1.05 bits per heavy atom. The molecule has 0 aliphatic heterocycles. The van der Waals surface area contributed by atoms with Crippen molar-refractivity contribution in [2.45, 2.75) is 23.6 Å². The summed E-state index contributed by atoms with van der Waals surface area (Å²) in [5, 5.41) is 8.74. The summed E-state index contributed by atoms with van der Waals surface area (Å²) in [7, 11) is 0. The summed E-state index contributed by atoms with van der Waals surface area (Å²) in [6, 6.07) is 7.14. The molecule has 0 amide bonds. The van der Waals surface area contributed by atoms with Crippen LogP contribution in [0.3, 0.4) is 0 Å². The summed E-state index contributed by atoms with van der Waals surface area (Å²) in [5.41, 5.74) is 1.72. The zero-order valence-corrected chi connectivity index (χ0v) is 11.7. The maximum atomic E-state index is 13.8. The molecule has 1 N–H and O–H groups in total. The zero-order chi connectivity index (χ0) is 14.9. The first-order valence-corrected chi connectivity index (χ1v) is 6.67. The lowest BCUT2D eigenvalue weighted by Gasteiger charge is -2.08. The number of carbonyl (C=O) groups is 1. The monoisotopic (exact) mass is 294 g/mol. The average Bonchev–Trinajstić information content (AvgIpc) is 2.37. The lowest BCUT2D eigenvalue weighted by Crippen LogP contribution is -2.00. The molecule has 2 aromatic carbocycles. The number of halogens is 2. The van der Waals surface area contributed by atoms with E-state index in [2.05, 4.69) is 0 Å². The van der Waals surface area contributed by atoms with Crippen molar-refractivity contribution in [3.05, 3.63) is 58.7 Å². The van der Waals surface area contributed by atoms with Gasteiger partial charge in [-0.1, -0.05) is 17.8 Å². The first kappa shape index (κ1) is 14.5. The average molecular weight is 294 g/mol. The molecule has 0 radical (unpaired) electrons. The van der Waals surface area contributed by atoms with Crippen molar-refractivity contribution < 1.29 is 18.7 Å². The van der Waals surface area contributed by atoms with Crippen LogP contribution in [0.25, 0.3) is 0 Å². The fraction of sp³-hybridized carbons (Fsp3) is 0.133. The second kappa shape index (κ2) is 5.63. The van der Waals surface area contributed by atoms with Gasteiger partial charge in [-0.15, -0.1) is 0 Å². The fourth-order valence-corrected chi connectivity index (χ4v) is 2.60. The molecule has 20 heavy (non-hydrogen) atoms. The Kier molecular flexibility index (Phi) is 4.09. The van der Waals surface area contributed by atoms with Gasteiger partial charge in [0, 0.05) is 4.90 Å². The third-order valence-corrected chi connectivity index (χ3v) is 4.03. The summed E-state index contributed by atoms with van der Waals surface area (Å²) in [6.07, 6.45) is 0. The summed E-state index contributed by atoms with van der Waals surface area (Å²) in [4.78, 5) is 11.2. The standard InChI is InChI=1S/C15H12F2O2S/c1-8-3-4-11(5-9(8)2)20-14-12(16)6-10(15(18)19)7-13(14)17/h3-7H,1-2H3,(H,18,19). The molecule has 2 nitrogen and oxygen atoms in total. The van der Waals surface area contributed by atoms with E-state index in [-0.39, 0.29) is 4.90 Å². The van der Waals surface area contributed by atoms with Crippen LogP contribution in [-0.4, -0.2) is 11.1 Å². The van der Waals surface area contributed by atoms with Gasteiger partial charge in [0.05, 0.1) is 10.5 Å². The molecule has 0 atom stereocenters. The smallest absolute Gasteiger partial charge is 0.335 e. The van der Waals surface area contributed by atoms with Crippen LogP contribution in [0.4, 0.5) is 8.78 Å². The van der Waals surface area contributed by atoms with E-state index in [1.54, 1.807) is 6.07 Å². The van der Waals surface area contributed by atoms with Crippen LogP contribution < -0.4 is 0 Å². The van der Waals surface area contributed by atoms with Gasteiger partial charge >= 0.3 is 5.97 Å². The molecule has 0 heterocycles. The molecule has 0 unspecified atom stereocenters. The molecule has 0 bridgehead atoms. The van der Waals surface area contributed by atoms with Crippen molar-refractivity contribution in [1.29, 1.82) is 0 Å². The first-order valence-electron chi connectivity index (χ1n) is 5.86. The van der Waals surface area contributed by atoms with Crippen LogP contribution in [0.2, 0.25) is 0 Å². The summed E-state index contributed by atoms with van der Waals surface area (Å²) in [6.45, 7) is 3.87. The van der Waals surface area contributed by atoms with Crippen LogP contribution in [0.15, 0.2) is 40.1 Å². The number of carboxylic acids is 1. The Morgan fingerprint density at radius 3 is 2.15 bits per heavy atom. The number of hydrogen-bond donors (Lipinski definition) is 1. The van der Waals surface area contributed by atoms with Gasteiger partial charge in [-0.2, -0.15) is 0 Å². The Balaban J connectivity index is 2.38. The van der Waals surface area contributed by atoms with Gasteiger partial charge in [0.25, 0.3) is 0 Å². The van der Waals surface area contributed by atoms with Crippen molar-refractivity contribution in [2.75, 3.05) is 0 Å². The molecule has 0 fully saturated rings. The second-order valence-corrected chi connectivity index (χ2v) is 5.51. The van der Waals surface area contributed by atoms with Crippen LogP contribution in [-0.2, 0) is 0 Å². The fourth-order valence-electron chi connectivity index (χ4n) is 1.68. The molecule has 2 aromatic rings. The number of benzene rings is 2. The minimum atomic E-state index is -1.36. The Bertz CT molecular complexity index is 661. The molecule has 0 saturated carbocycles. The van der Waals surface area contributed by atoms with Gasteiger partial charge in [-0.3, -0.25) is 0 Å². The lowest BCUT2D eigenvalue weighted by atomic mass is 10.1. The van der Waals surface area contributed by atoms with E-state index in [0.717, 1.165) is 35.0 Å². The van der Waals surface area contributed by atoms with E-state index in [1.165, 1.54) is 0 Å². The SMILES string of the molecule is Cc1ccc(Sc2c(F)cc(C(=O)O)cc2F)cc1C. The summed E-state index contributed by atoms with van der Waals surface area (Å²) in [5.74, 6) is -3.10.